The Kier molecular flexibility index (Phi) is 4.77. The van der Waals surface area contributed by atoms with Crippen LogP contribution < -0.4 is 10.1 Å². The van der Waals surface area contributed by atoms with E-state index in [1.54, 1.807) is 6.20 Å². The highest BCUT2D eigenvalue weighted by molar-refractivity contribution is 9.10. The molecule has 0 bridgehead atoms. The second kappa shape index (κ2) is 6.96. The van der Waals surface area contributed by atoms with Crippen molar-refractivity contribution in [2.75, 3.05) is 11.9 Å². The number of amides is 1. The number of carbonyl (C=O) groups is 1. The van der Waals surface area contributed by atoms with Crippen molar-refractivity contribution >= 4 is 27.7 Å². The van der Waals surface area contributed by atoms with Crippen molar-refractivity contribution < 1.29 is 9.53 Å². The van der Waals surface area contributed by atoms with E-state index < -0.39 is 0 Å². The summed E-state index contributed by atoms with van der Waals surface area (Å²) in [5, 5.41) is 7.22. The number of halogens is 1. The van der Waals surface area contributed by atoms with Crippen LogP contribution in [0.5, 0.6) is 5.75 Å². The Hall–Kier alpha value is -1.82. The van der Waals surface area contributed by atoms with Gasteiger partial charge in [0.25, 0.3) is 5.91 Å². The summed E-state index contributed by atoms with van der Waals surface area (Å²) in [4.78, 5) is 12.1. The highest BCUT2D eigenvalue weighted by atomic mass is 79.9. The zero-order valence-electron chi connectivity index (χ0n) is 12.2. The van der Waals surface area contributed by atoms with E-state index >= 15 is 0 Å². The monoisotopic (exact) mass is 363 g/mol. The number of carbonyl (C=O) groups excluding carboxylic acids is 1. The van der Waals surface area contributed by atoms with Crippen LogP contribution in [0.1, 0.15) is 31.7 Å². The summed E-state index contributed by atoms with van der Waals surface area (Å²) >= 11 is 3.39. The predicted molar refractivity (Wildman–Crippen MR) is 88.0 cm³/mol. The molecule has 1 heterocycles. The summed E-state index contributed by atoms with van der Waals surface area (Å²) in [5.41, 5.74) is 0. The van der Waals surface area contributed by atoms with Crippen molar-refractivity contribution in [3.8, 4) is 5.75 Å². The molecule has 1 N–H and O–H groups in total. The van der Waals surface area contributed by atoms with Crippen molar-refractivity contribution in [2.45, 2.75) is 31.7 Å². The molecule has 1 saturated carbocycles. The van der Waals surface area contributed by atoms with Gasteiger partial charge in [0.15, 0.2) is 6.61 Å². The van der Waals surface area contributed by atoms with E-state index in [0.29, 0.717) is 11.8 Å². The maximum absolute atomic E-state index is 12.1. The number of para-hydroxylation sites is 1. The zero-order valence-corrected chi connectivity index (χ0v) is 13.8. The molecule has 1 aliphatic rings. The van der Waals surface area contributed by atoms with Gasteiger partial charge in [0.2, 0.25) is 0 Å². The smallest absolute Gasteiger partial charge is 0.263 e. The van der Waals surface area contributed by atoms with Gasteiger partial charge in [-0.3, -0.25) is 4.79 Å². The highest BCUT2D eigenvalue weighted by Crippen LogP contribution is 2.31. The van der Waals surface area contributed by atoms with Gasteiger partial charge in [-0.2, -0.15) is 5.10 Å². The fraction of sp³-hybridized carbons (Fsp3) is 0.375. The third kappa shape index (κ3) is 3.50. The van der Waals surface area contributed by atoms with E-state index in [-0.39, 0.29) is 12.5 Å². The molecular weight excluding hydrogens is 346 g/mol. The minimum absolute atomic E-state index is 0.0293. The normalized spacial score (nSPS) is 15.0. The number of hydrogen-bond donors (Lipinski definition) is 1. The van der Waals surface area contributed by atoms with Gasteiger partial charge in [0.05, 0.1) is 16.7 Å². The molecule has 1 aromatic carbocycles. The minimum atomic E-state index is -0.185. The molecule has 0 radical (unpaired) electrons. The van der Waals surface area contributed by atoms with Gasteiger partial charge in [0, 0.05) is 6.07 Å². The third-order valence-corrected chi connectivity index (χ3v) is 4.46. The molecule has 1 fully saturated rings. The lowest BCUT2D eigenvalue weighted by atomic mass is 10.2. The molecule has 0 spiro atoms. The second-order valence-corrected chi connectivity index (χ2v) is 6.22. The average Bonchev–Trinajstić information content (AvgIpc) is 3.17. The molecule has 2 aromatic rings. The molecule has 0 aliphatic heterocycles. The number of rotatable bonds is 5. The van der Waals surface area contributed by atoms with Crippen LogP contribution in [0, 0.1) is 0 Å². The van der Waals surface area contributed by atoms with Crippen LogP contribution in [0.2, 0.25) is 0 Å². The molecule has 22 heavy (non-hydrogen) atoms. The number of aromatic nitrogens is 2. The number of ether oxygens (including phenoxy) is 1. The Balaban J connectivity index is 1.58. The van der Waals surface area contributed by atoms with Crippen molar-refractivity contribution in [3.63, 3.8) is 0 Å². The lowest BCUT2D eigenvalue weighted by molar-refractivity contribution is -0.118. The maximum atomic E-state index is 12.1. The Morgan fingerprint density at radius 3 is 2.86 bits per heavy atom. The van der Waals surface area contributed by atoms with Crippen LogP contribution in [0.25, 0.3) is 0 Å². The Morgan fingerprint density at radius 1 is 1.32 bits per heavy atom. The molecule has 0 atom stereocenters. The number of benzene rings is 1. The topological polar surface area (TPSA) is 56.1 Å². The Bertz CT molecular complexity index is 650. The quantitative estimate of drug-likeness (QED) is 0.879. The summed E-state index contributed by atoms with van der Waals surface area (Å²) < 4.78 is 8.28. The average molecular weight is 364 g/mol. The van der Waals surface area contributed by atoms with Crippen LogP contribution >= 0.6 is 15.9 Å². The number of nitrogens with one attached hydrogen (secondary N) is 1. The molecule has 0 saturated heterocycles. The largest absolute Gasteiger partial charge is 0.483 e. The SMILES string of the molecule is O=C(COc1ccccc1Br)Nc1ccnn1C1CCCC1. The molecule has 3 rings (SSSR count). The number of anilines is 1. The van der Waals surface area contributed by atoms with Gasteiger partial charge in [-0.15, -0.1) is 0 Å². The van der Waals surface area contributed by atoms with Gasteiger partial charge in [-0.05, 0) is 40.9 Å². The fourth-order valence-corrected chi connectivity index (χ4v) is 3.14. The van der Waals surface area contributed by atoms with Crippen LogP contribution in [-0.4, -0.2) is 22.3 Å². The van der Waals surface area contributed by atoms with Crippen molar-refractivity contribution in [1.29, 1.82) is 0 Å². The molecule has 1 aliphatic carbocycles. The van der Waals surface area contributed by atoms with Gasteiger partial charge < -0.3 is 10.1 Å². The third-order valence-electron chi connectivity index (χ3n) is 3.80. The first-order valence-corrected chi connectivity index (χ1v) is 8.24. The van der Waals surface area contributed by atoms with Crippen molar-refractivity contribution in [2.24, 2.45) is 0 Å². The Labute approximate surface area is 137 Å². The van der Waals surface area contributed by atoms with Crippen LogP contribution in [0.3, 0.4) is 0 Å². The standard InChI is InChI=1S/C16H18BrN3O2/c17-13-7-3-4-8-14(13)22-11-16(21)19-15-9-10-18-20(15)12-5-1-2-6-12/h3-4,7-10,12H,1-2,5-6,11H2,(H,19,21). The molecule has 5 nitrogen and oxygen atoms in total. The Morgan fingerprint density at radius 2 is 2.09 bits per heavy atom. The summed E-state index contributed by atoms with van der Waals surface area (Å²) in [7, 11) is 0. The first-order chi connectivity index (χ1) is 10.7. The van der Waals surface area contributed by atoms with Crippen molar-refractivity contribution in [1.82, 2.24) is 9.78 Å². The summed E-state index contributed by atoms with van der Waals surface area (Å²) in [5.74, 6) is 1.21. The molecule has 6 heteroatoms. The lowest BCUT2D eigenvalue weighted by Crippen LogP contribution is -2.23. The molecule has 0 unspecified atom stereocenters. The van der Waals surface area contributed by atoms with E-state index in [4.69, 9.17) is 4.74 Å². The molecular formula is C16H18BrN3O2. The summed E-state index contributed by atoms with van der Waals surface area (Å²) in [6.45, 7) is -0.0293. The van der Waals surface area contributed by atoms with Gasteiger partial charge >= 0.3 is 0 Å². The van der Waals surface area contributed by atoms with E-state index in [2.05, 4.69) is 26.3 Å². The van der Waals surface area contributed by atoms with E-state index in [1.165, 1.54) is 12.8 Å². The molecule has 116 valence electrons. The van der Waals surface area contributed by atoms with E-state index in [0.717, 1.165) is 23.1 Å². The predicted octanol–water partition coefficient (Wildman–Crippen LogP) is 3.78. The van der Waals surface area contributed by atoms with Crippen LogP contribution in [0.4, 0.5) is 5.82 Å². The van der Waals surface area contributed by atoms with Gasteiger partial charge in [-0.25, -0.2) is 4.68 Å². The van der Waals surface area contributed by atoms with Gasteiger partial charge in [0.1, 0.15) is 11.6 Å². The number of hydrogen-bond acceptors (Lipinski definition) is 3. The summed E-state index contributed by atoms with van der Waals surface area (Å²) in [6, 6.07) is 9.69. The lowest BCUT2D eigenvalue weighted by Gasteiger charge is -2.15. The fourth-order valence-electron chi connectivity index (χ4n) is 2.74. The van der Waals surface area contributed by atoms with Crippen molar-refractivity contribution in [3.05, 3.63) is 41.0 Å². The van der Waals surface area contributed by atoms with Crippen LogP contribution in [-0.2, 0) is 4.79 Å². The minimum Gasteiger partial charge on any atom is -0.483 e. The number of nitrogens with zero attached hydrogens (tertiary/aromatic N) is 2. The van der Waals surface area contributed by atoms with E-state index in [1.807, 2.05) is 35.0 Å². The van der Waals surface area contributed by atoms with Gasteiger partial charge in [-0.1, -0.05) is 25.0 Å². The summed E-state index contributed by atoms with van der Waals surface area (Å²) in [6.07, 6.45) is 6.42. The van der Waals surface area contributed by atoms with E-state index in [9.17, 15) is 4.79 Å². The maximum Gasteiger partial charge on any atom is 0.263 e. The van der Waals surface area contributed by atoms with Crippen LogP contribution in [0.15, 0.2) is 41.0 Å². The first kappa shape index (κ1) is 15.1. The first-order valence-electron chi connectivity index (χ1n) is 7.45. The second-order valence-electron chi connectivity index (χ2n) is 5.37. The highest BCUT2D eigenvalue weighted by Gasteiger charge is 2.20. The molecule has 1 amide bonds. The zero-order chi connectivity index (χ0) is 15.4. The molecule has 1 aromatic heterocycles.